The van der Waals surface area contributed by atoms with Gasteiger partial charge in [0.1, 0.15) is 6.10 Å². The Morgan fingerprint density at radius 1 is 1.07 bits per heavy atom. The molecule has 0 aromatic heterocycles. The van der Waals surface area contributed by atoms with E-state index >= 15 is 0 Å². The van der Waals surface area contributed by atoms with E-state index in [-0.39, 0.29) is 6.61 Å². The smallest absolute Gasteiger partial charge is 0.102 e. The van der Waals surface area contributed by atoms with Crippen molar-refractivity contribution in [1.29, 1.82) is 0 Å². The molecule has 0 bridgehead atoms. The first-order valence-electron chi connectivity index (χ1n) is 5.00. The Labute approximate surface area is 88.8 Å². The summed E-state index contributed by atoms with van der Waals surface area (Å²) in [4.78, 5) is 0. The summed E-state index contributed by atoms with van der Waals surface area (Å²) in [6.45, 7) is 1.81. The van der Waals surface area contributed by atoms with Crippen LogP contribution in [0, 0.1) is 6.92 Å². The normalized spacial score (nSPS) is 13.0. The van der Waals surface area contributed by atoms with Gasteiger partial charge in [0.2, 0.25) is 0 Å². The molecule has 0 amide bonds. The van der Waals surface area contributed by atoms with E-state index in [1.165, 1.54) is 5.56 Å². The quantitative estimate of drug-likeness (QED) is 0.783. The van der Waals surface area contributed by atoms with Crippen LogP contribution in [0.2, 0.25) is 0 Å². The molecule has 1 atom stereocenters. The van der Waals surface area contributed by atoms with Crippen LogP contribution in [0.25, 0.3) is 10.8 Å². The molecule has 0 saturated carbocycles. The lowest BCUT2D eigenvalue weighted by Crippen LogP contribution is -2.01. The molecule has 0 aliphatic carbocycles. The molecule has 0 unspecified atom stereocenters. The average molecular weight is 202 g/mol. The molecule has 2 aromatic carbocycles. The number of hydrogen-bond acceptors (Lipinski definition) is 2. The van der Waals surface area contributed by atoms with Crippen LogP contribution >= 0.6 is 0 Å². The minimum atomic E-state index is -0.782. The summed E-state index contributed by atoms with van der Waals surface area (Å²) in [6.07, 6.45) is -0.782. The van der Waals surface area contributed by atoms with Crippen LogP contribution in [0.15, 0.2) is 36.4 Å². The first kappa shape index (κ1) is 10.1. The van der Waals surface area contributed by atoms with Crippen LogP contribution in [0.4, 0.5) is 0 Å². The van der Waals surface area contributed by atoms with Crippen LogP contribution in [0.1, 0.15) is 17.2 Å². The fourth-order valence-electron chi connectivity index (χ4n) is 1.70. The van der Waals surface area contributed by atoms with Gasteiger partial charge in [-0.25, -0.2) is 0 Å². The summed E-state index contributed by atoms with van der Waals surface area (Å²) < 4.78 is 0. The van der Waals surface area contributed by atoms with E-state index in [1.54, 1.807) is 0 Å². The molecule has 0 radical (unpaired) electrons. The molecule has 2 heteroatoms. The van der Waals surface area contributed by atoms with E-state index in [1.807, 2.05) is 30.3 Å². The monoisotopic (exact) mass is 202 g/mol. The van der Waals surface area contributed by atoms with Gasteiger partial charge in [-0.3, -0.25) is 0 Å². The van der Waals surface area contributed by atoms with Crippen molar-refractivity contribution in [1.82, 2.24) is 0 Å². The third-order valence-electron chi connectivity index (χ3n) is 2.58. The van der Waals surface area contributed by atoms with E-state index in [4.69, 9.17) is 5.11 Å². The van der Waals surface area contributed by atoms with Gasteiger partial charge in [-0.2, -0.15) is 0 Å². The fraction of sp³-hybridized carbons (Fsp3) is 0.231. The van der Waals surface area contributed by atoms with Gasteiger partial charge >= 0.3 is 0 Å². The highest BCUT2D eigenvalue weighted by Gasteiger charge is 2.05. The van der Waals surface area contributed by atoms with E-state index in [2.05, 4.69) is 13.0 Å². The zero-order valence-electron chi connectivity index (χ0n) is 8.64. The fourth-order valence-corrected chi connectivity index (χ4v) is 1.70. The highest BCUT2D eigenvalue weighted by atomic mass is 16.3. The van der Waals surface area contributed by atoms with Crippen molar-refractivity contribution in [3.05, 3.63) is 47.5 Å². The first-order chi connectivity index (χ1) is 7.20. The summed E-state index contributed by atoms with van der Waals surface area (Å²) in [6, 6.07) is 11.9. The minimum Gasteiger partial charge on any atom is -0.393 e. The van der Waals surface area contributed by atoms with Gasteiger partial charge in [0, 0.05) is 0 Å². The Morgan fingerprint density at radius 3 is 2.47 bits per heavy atom. The number of fused-ring (bicyclic) bond motifs is 1. The van der Waals surface area contributed by atoms with E-state index < -0.39 is 6.10 Å². The third kappa shape index (κ3) is 2.01. The Kier molecular flexibility index (Phi) is 2.71. The summed E-state index contributed by atoms with van der Waals surface area (Å²) >= 11 is 0. The van der Waals surface area contributed by atoms with Gasteiger partial charge in [-0.1, -0.05) is 35.9 Å². The molecular weight excluding hydrogens is 188 g/mol. The number of aliphatic hydroxyl groups is 2. The lowest BCUT2D eigenvalue weighted by atomic mass is 10.0. The summed E-state index contributed by atoms with van der Waals surface area (Å²) in [5.41, 5.74) is 1.98. The van der Waals surface area contributed by atoms with Crippen LogP contribution in [0.5, 0.6) is 0 Å². The first-order valence-corrected chi connectivity index (χ1v) is 5.00. The van der Waals surface area contributed by atoms with Gasteiger partial charge in [0.25, 0.3) is 0 Å². The van der Waals surface area contributed by atoms with E-state index in [9.17, 15) is 5.11 Å². The maximum absolute atomic E-state index is 9.49. The molecule has 78 valence electrons. The molecular formula is C13H14O2. The highest BCUT2D eigenvalue weighted by molar-refractivity contribution is 5.83. The predicted molar refractivity (Wildman–Crippen MR) is 60.7 cm³/mol. The van der Waals surface area contributed by atoms with Crippen LogP contribution in [-0.4, -0.2) is 16.8 Å². The number of benzene rings is 2. The molecule has 0 aliphatic rings. The lowest BCUT2D eigenvalue weighted by molar-refractivity contribution is 0.0957. The highest BCUT2D eigenvalue weighted by Crippen LogP contribution is 2.21. The third-order valence-corrected chi connectivity index (χ3v) is 2.58. The Bertz CT molecular complexity index is 477. The van der Waals surface area contributed by atoms with E-state index in [0.717, 1.165) is 16.3 Å². The topological polar surface area (TPSA) is 40.5 Å². The molecule has 2 N–H and O–H groups in total. The van der Waals surface area contributed by atoms with Crippen molar-refractivity contribution in [2.75, 3.05) is 6.61 Å². The average Bonchev–Trinajstić information content (AvgIpc) is 2.27. The van der Waals surface area contributed by atoms with Crippen molar-refractivity contribution in [2.24, 2.45) is 0 Å². The van der Waals surface area contributed by atoms with Crippen LogP contribution in [0.3, 0.4) is 0 Å². The van der Waals surface area contributed by atoms with Gasteiger partial charge in [-0.15, -0.1) is 0 Å². The molecule has 0 saturated heterocycles. The van der Waals surface area contributed by atoms with Crippen molar-refractivity contribution >= 4 is 10.8 Å². The standard InChI is InChI=1S/C13H14O2/c1-9-2-3-11-7-12(13(15)8-14)5-4-10(11)6-9/h2-7,13-15H,8H2,1H3/t13-/m1/s1. The molecule has 2 rings (SSSR count). The number of rotatable bonds is 2. The summed E-state index contributed by atoms with van der Waals surface area (Å²) in [7, 11) is 0. The van der Waals surface area contributed by atoms with Crippen molar-refractivity contribution < 1.29 is 10.2 Å². The molecule has 0 heterocycles. The number of hydrogen-bond donors (Lipinski definition) is 2. The number of aryl methyl sites for hydroxylation is 1. The van der Waals surface area contributed by atoms with Gasteiger partial charge < -0.3 is 10.2 Å². The zero-order chi connectivity index (χ0) is 10.8. The van der Waals surface area contributed by atoms with Crippen LogP contribution < -0.4 is 0 Å². The Morgan fingerprint density at radius 2 is 1.73 bits per heavy atom. The lowest BCUT2D eigenvalue weighted by Gasteiger charge is -2.08. The summed E-state index contributed by atoms with van der Waals surface area (Å²) in [5, 5.41) is 20.6. The molecule has 2 nitrogen and oxygen atoms in total. The molecule has 0 spiro atoms. The van der Waals surface area contributed by atoms with Crippen molar-refractivity contribution in [2.45, 2.75) is 13.0 Å². The zero-order valence-corrected chi connectivity index (χ0v) is 8.64. The molecule has 0 aliphatic heterocycles. The molecule has 15 heavy (non-hydrogen) atoms. The van der Waals surface area contributed by atoms with Crippen molar-refractivity contribution in [3.63, 3.8) is 0 Å². The molecule has 2 aromatic rings. The maximum atomic E-state index is 9.49. The second-order valence-corrected chi connectivity index (χ2v) is 3.81. The second kappa shape index (κ2) is 4.01. The van der Waals surface area contributed by atoms with E-state index in [0.29, 0.717) is 0 Å². The Balaban J connectivity index is 2.52. The number of aliphatic hydroxyl groups excluding tert-OH is 2. The minimum absolute atomic E-state index is 0.239. The van der Waals surface area contributed by atoms with Gasteiger partial charge in [-0.05, 0) is 29.3 Å². The summed E-state index contributed by atoms with van der Waals surface area (Å²) in [5.74, 6) is 0. The molecule has 0 fully saturated rings. The van der Waals surface area contributed by atoms with Gasteiger partial charge in [0.15, 0.2) is 0 Å². The predicted octanol–water partition coefficient (Wildman–Crippen LogP) is 2.17. The second-order valence-electron chi connectivity index (χ2n) is 3.81. The largest absolute Gasteiger partial charge is 0.393 e. The van der Waals surface area contributed by atoms with Gasteiger partial charge in [0.05, 0.1) is 6.61 Å². The maximum Gasteiger partial charge on any atom is 0.102 e. The van der Waals surface area contributed by atoms with Crippen molar-refractivity contribution in [3.8, 4) is 0 Å². The SMILES string of the molecule is Cc1ccc2cc([C@H](O)CO)ccc2c1. The van der Waals surface area contributed by atoms with Crippen LogP contribution in [-0.2, 0) is 0 Å². The Hall–Kier alpha value is -1.38.